The molecule has 1 N–H and O–H groups in total. The number of phenols is 1. The average molecular weight is 349 g/mol. The molecule has 7 heteroatoms. The molecule has 0 bridgehead atoms. The van der Waals surface area contributed by atoms with Crippen molar-refractivity contribution in [2.75, 3.05) is 0 Å². The summed E-state index contributed by atoms with van der Waals surface area (Å²) in [6.45, 7) is 2.59. The predicted molar refractivity (Wildman–Crippen MR) is 98.8 cm³/mol. The van der Waals surface area contributed by atoms with Gasteiger partial charge in [0, 0.05) is 11.8 Å². The molecule has 0 amide bonds. The van der Waals surface area contributed by atoms with E-state index in [1.165, 1.54) is 11.3 Å². The first-order chi connectivity index (χ1) is 12.2. The first kappa shape index (κ1) is 15.5. The summed E-state index contributed by atoms with van der Waals surface area (Å²) >= 11 is 1.42. The van der Waals surface area contributed by atoms with Crippen LogP contribution in [-0.4, -0.2) is 31.1 Å². The summed E-state index contributed by atoms with van der Waals surface area (Å²) in [5, 5.41) is 19.5. The van der Waals surface area contributed by atoms with Crippen LogP contribution in [0.15, 0.2) is 53.5 Å². The minimum Gasteiger partial charge on any atom is -0.507 e. The van der Waals surface area contributed by atoms with E-state index in [0.717, 1.165) is 21.9 Å². The molecular weight excluding hydrogens is 334 g/mol. The lowest BCUT2D eigenvalue weighted by molar-refractivity contribution is 0.474. The molecule has 25 heavy (non-hydrogen) atoms. The summed E-state index contributed by atoms with van der Waals surface area (Å²) < 4.78 is 2.12. The van der Waals surface area contributed by atoms with E-state index in [4.69, 9.17) is 0 Å². The Morgan fingerprint density at radius 1 is 1.12 bits per heavy atom. The Labute approximate surface area is 148 Å². The van der Waals surface area contributed by atoms with E-state index in [9.17, 15) is 5.11 Å². The molecule has 0 fully saturated rings. The van der Waals surface area contributed by atoms with Crippen molar-refractivity contribution in [2.45, 2.75) is 13.5 Å². The molecule has 2 aromatic carbocycles. The van der Waals surface area contributed by atoms with Crippen molar-refractivity contribution >= 4 is 33.7 Å². The van der Waals surface area contributed by atoms with Crippen molar-refractivity contribution in [1.29, 1.82) is 0 Å². The van der Waals surface area contributed by atoms with Crippen LogP contribution >= 0.6 is 11.3 Å². The van der Waals surface area contributed by atoms with Crippen LogP contribution in [0.3, 0.4) is 0 Å². The summed E-state index contributed by atoms with van der Waals surface area (Å²) in [7, 11) is 0. The minimum absolute atomic E-state index is 0.191. The number of hydrogen-bond donors (Lipinski definition) is 1. The molecule has 0 spiro atoms. The van der Waals surface area contributed by atoms with Gasteiger partial charge in [-0.1, -0.05) is 35.6 Å². The zero-order valence-corrected chi connectivity index (χ0v) is 14.3. The number of hydrogen-bond acceptors (Lipinski definition) is 6. The number of nitrogens with zero attached hydrogens (tertiary/aromatic N) is 5. The lowest BCUT2D eigenvalue weighted by Crippen LogP contribution is -2.01. The largest absolute Gasteiger partial charge is 0.507 e. The van der Waals surface area contributed by atoms with Crippen LogP contribution in [0.5, 0.6) is 5.75 Å². The van der Waals surface area contributed by atoms with Gasteiger partial charge in [0.05, 0.1) is 17.6 Å². The van der Waals surface area contributed by atoms with Crippen molar-refractivity contribution < 1.29 is 5.11 Å². The van der Waals surface area contributed by atoms with Gasteiger partial charge in [-0.25, -0.2) is 9.98 Å². The summed E-state index contributed by atoms with van der Waals surface area (Å²) in [6, 6.07) is 15.1. The average Bonchev–Trinajstić information content (AvgIpc) is 3.19. The minimum atomic E-state index is 0.191. The van der Waals surface area contributed by atoms with Gasteiger partial charge in [-0.2, -0.15) is 0 Å². The van der Waals surface area contributed by atoms with E-state index in [2.05, 4.69) is 24.7 Å². The highest BCUT2D eigenvalue weighted by Gasteiger charge is 2.10. The normalized spacial score (nSPS) is 11.6. The molecule has 0 aliphatic rings. The molecule has 0 saturated carbocycles. The Morgan fingerprint density at radius 3 is 2.80 bits per heavy atom. The topological polar surface area (TPSA) is 76.2 Å². The molecule has 0 atom stereocenters. The second-order valence-corrected chi connectivity index (χ2v) is 6.57. The Hall–Kier alpha value is -3.06. The molecule has 124 valence electrons. The van der Waals surface area contributed by atoms with Crippen LogP contribution in [0.2, 0.25) is 0 Å². The quantitative estimate of drug-likeness (QED) is 0.570. The smallest absolute Gasteiger partial charge is 0.231 e. The maximum Gasteiger partial charge on any atom is 0.231 e. The molecule has 0 aliphatic carbocycles. The van der Waals surface area contributed by atoms with E-state index in [-0.39, 0.29) is 5.75 Å². The van der Waals surface area contributed by atoms with Crippen LogP contribution in [-0.2, 0) is 6.54 Å². The Kier molecular flexibility index (Phi) is 3.99. The fraction of sp³-hybridized carbons (Fsp3) is 0.111. The maximum absolute atomic E-state index is 9.76. The van der Waals surface area contributed by atoms with Crippen LogP contribution in [0, 0.1) is 6.92 Å². The fourth-order valence-electron chi connectivity index (χ4n) is 2.61. The highest BCUT2D eigenvalue weighted by Crippen LogP contribution is 2.23. The molecule has 0 unspecified atom stereocenters. The van der Waals surface area contributed by atoms with Gasteiger partial charge >= 0.3 is 0 Å². The highest BCUT2D eigenvalue weighted by molar-refractivity contribution is 7.14. The SMILES string of the molecule is Cc1nc2ccccc2n1Cc1nnc(N=Cc2ccccc2O)s1. The molecular formula is C18H15N5OS. The zero-order chi connectivity index (χ0) is 17.2. The van der Waals surface area contributed by atoms with Gasteiger partial charge in [-0.3, -0.25) is 0 Å². The summed E-state index contributed by atoms with van der Waals surface area (Å²) in [5.41, 5.74) is 2.70. The van der Waals surface area contributed by atoms with Gasteiger partial charge in [-0.15, -0.1) is 10.2 Å². The predicted octanol–water partition coefficient (Wildman–Crippen LogP) is 3.70. The number of phenolic OH excluding ortho intramolecular Hbond substituents is 1. The lowest BCUT2D eigenvalue weighted by atomic mass is 10.2. The van der Waals surface area contributed by atoms with Crippen molar-refractivity contribution in [2.24, 2.45) is 4.99 Å². The highest BCUT2D eigenvalue weighted by atomic mass is 32.1. The maximum atomic E-state index is 9.76. The van der Waals surface area contributed by atoms with Crippen molar-refractivity contribution in [1.82, 2.24) is 19.7 Å². The third-order valence-corrected chi connectivity index (χ3v) is 4.66. The first-order valence-corrected chi connectivity index (χ1v) is 8.58. The number of fused-ring (bicyclic) bond motifs is 1. The molecule has 2 heterocycles. The molecule has 0 aliphatic heterocycles. The Balaban J connectivity index is 1.57. The second-order valence-electron chi connectivity index (χ2n) is 5.53. The van der Waals surface area contributed by atoms with Crippen LogP contribution in [0.4, 0.5) is 5.13 Å². The van der Waals surface area contributed by atoms with E-state index >= 15 is 0 Å². The first-order valence-electron chi connectivity index (χ1n) is 7.77. The molecule has 4 aromatic rings. The van der Waals surface area contributed by atoms with Crippen LogP contribution in [0.25, 0.3) is 11.0 Å². The van der Waals surface area contributed by atoms with E-state index in [0.29, 0.717) is 17.2 Å². The van der Waals surface area contributed by atoms with Crippen LogP contribution in [0.1, 0.15) is 16.4 Å². The van der Waals surface area contributed by atoms with E-state index in [1.54, 1.807) is 24.4 Å². The molecule has 2 aromatic heterocycles. The molecule has 0 radical (unpaired) electrons. The number of aliphatic imine (C=N–C) groups is 1. The number of aryl methyl sites for hydroxylation is 1. The number of imidazole rings is 1. The molecule has 0 saturated heterocycles. The summed E-state index contributed by atoms with van der Waals surface area (Å²) in [6.07, 6.45) is 1.59. The van der Waals surface area contributed by atoms with Crippen LogP contribution < -0.4 is 0 Å². The monoisotopic (exact) mass is 349 g/mol. The van der Waals surface area contributed by atoms with E-state index < -0.39 is 0 Å². The number of aromatic nitrogens is 4. The molecule has 4 rings (SSSR count). The second kappa shape index (κ2) is 6.45. The Morgan fingerprint density at radius 2 is 1.92 bits per heavy atom. The molecule has 6 nitrogen and oxygen atoms in total. The van der Waals surface area contributed by atoms with Gasteiger partial charge in [0.15, 0.2) is 0 Å². The fourth-order valence-corrected chi connectivity index (χ4v) is 3.29. The standard InChI is InChI=1S/C18H15N5OS/c1-12-20-14-7-3-4-8-15(14)23(12)11-17-21-22-18(25-17)19-10-13-6-2-5-9-16(13)24/h2-10,24H,11H2,1H3. The summed E-state index contributed by atoms with van der Waals surface area (Å²) in [5.74, 6) is 1.13. The third kappa shape index (κ3) is 3.14. The Bertz CT molecular complexity index is 1070. The number of aromatic hydroxyl groups is 1. The third-order valence-electron chi connectivity index (χ3n) is 3.85. The van der Waals surface area contributed by atoms with Gasteiger partial charge in [0.25, 0.3) is 0 Å². The lowest BCUT2D eigenvalue weighted by Gasteiger charge is -2.02. The van der Waals surface area contributed by atoms with Crippen molar-refractivity contribution in [3.8, 4) is 5.75 Å². The van der Waals surface area contributed by atoms with Crippen molar-refractivity contribution in [3.05, 3.63) is 64.9 Å². The van der Waals surface area contributed by atoms with Gasteiger partial charge in [-0.05, 0) is 31.2 Å². The van der Waals surface area contributed by atoms with Gasteiger partial charge < -0.3 is 9.67 Å². The summed E-state index contributed by atoms with van der Waals surface area (Å²) in [4.78, 5) is 8.87. The van der Waals surface area contributed by atoms with Gasteiger partial charge in [0.2, 0.25) is 5.13 Å². The van der Waals surface area contributed by atoms with Gasteiger partial charge in [0.1, 0.15) is 16.6 Å². The number of rotatable bonds is 4. The van der Waals surface area contributed by atoms with Crippen molar-refractivity contribution in [3.63, 3.8) is 0 Å². The zero-order valence-electron chi connectivity index (χ0n) is 13.5. The van der Waals surface area contributed by atoms with E-state index in [1.807, 2.05) is 37.3 Å². The number of benzene rings is 2. The number of para-hydroxylation sites is 3.